The van der Waals surface area contributed by atoms with Gasteiger partial charge in [0.15, 0.2) is 0 Å². The first-order chi connectivity index (χ1) is 11.0. The molecular weight excluding hydrogens is 335 g/mol. The quantitative estimate of drug-likeness (QED) is 0.828. The van der Waals surface area contributed by atoms with Crippen LogP contribution in [0.2, 0.25) is 5.02 Å². The molecule has 1 aromatic carbocycles. The number of nitrogens with zero attached hydrogens (tertiary/aromatic N) is 1. The second-order valence-electron chi connectivity index (χ2n) is 6.05. The first-order valence-electron chi connectivity index (χ1n) is 7.80. The fourth-order valence-electron chi connectivity index (χ4n) is 3.11. The zero-order chi connectivity index (χ0) is 16.6. The third kappa shape index (κ3) is 3.10. The number of halogens is 2. The maximum Gasteiger partial charge on any atom is 0.279 e. The lowest BCUT2D eigenvalue weighted by molar-refractivity contribution is -0.140. The SMILES string of the molecule is Cc1ccc(NC2=C(Cl)C(=O)N(C3CCCCC3)C2=O)cc1Cl. The van der Waals surface area contributed by atoms with E-state index in [2.05, 4.69) is 5.32 Å². The molecule has 1 fully saturated rings. The summed E-state index contributed by atoms with van der Waals surface area (Å²) in [6.45, 7) is 1.90. The Morgan fingerprint density at radius 1 is 1.09 bits per heavy atom. The van der Waals surface area contributed by atoms with Gasteiger partial charge in [0.1, 0.15) is 10.7 Å². The van der Waals surface area contributed by atoms with Gasteiger partial charge in [0.2, 0.25) is 0 Å². The van der Waals surface area contributed by atoms with Gasteiger partial charge in [-0.25, -0.2) is 0 Å². The third-order valence-corrected chi connectivity index (χ3v) is 5.20. The van der Waals surface area contributed by atoms with Crippen molar-refractivity contribution < 1.29 is 9.59 Å². The Labute approximate surface area is 145 Å². The molecule has 0 aromatic heterocycles. The summed E-state index contributed by atoms with van der Waals surface area (Å²) in [7, 11) is 0. The van der Waals surface area contributed by atoms with E-state index in [-0.39, 0.29) is 22.7 Å². The second kappa shape index (κ2) is 6.54. The average molecular weight is 353 g/mol. The normalized spacial score (nSPS) is 19.7. The molecule has 3 rings (SSSR count). The molecule has 4 nitrogen and oxygen atoms in total. The highest BCUT2D eigenvalue weighted by atomic mass is 35.5. The highest BCUT2D eigenvalue weighted by molar-refractivity contribution is 6.48. The second-order valence-corrected chi connectivity index (χ2v) is 6.84. The standard InChI is InChI=1S/C17H18Cl2N2O2/c1-10-7-8-11(9-13(10)18)20-15-14(19)16(22)21(17(15)23)12-5-3-2-4-6-12/h7-9,12,20H,2-6H2,1H3. The van der Waals surface area contributed by atoms with Crippen molar-refractivity contribution in [2.75, 3.05) is 5.32 Å². The number of amides is 2. The molecule has 1 saturated carbocycles. The van der Waals surface area contributed by atoms with E-state index in [4.69, 9.17) is 23.2 Å². The Bertz CT molecular complexity index is 694. The van der Waals surface area contributed by atoms with Crippen LogP contribution in [0.4, 0.5) is 5.69 Å². The summed E-state index contributed by atoms with van der Waals surface area (Å²) < 4.78 is 0. The van der Waals surface area contributed by atoms with Crippen LogP contribution < -0.4 is 5.32 Å². The van der Waals surface area contributed by atoms with Crippen LogP contribution in [0.3, 0.4) is 0 Å². The summed E-state index contributed by atoms with van der Waals surface area (Å²) >= 11 is 12.2. The molecule has 2 amide bonds. The predicted molar refractivity (Wildman–Crippen MR) is 91.4 cm³/mol. The minimum atomic E-state index is -0.399. The van der Waals surface area contributed by atoms with Crippen LogP contribution >= 0.6 is 23.2 Å². The van der Waals surface area contributed by atoms with Gasteiger partial charge in [-0.15, -0.1) is 0 Å². The molecule has 1 aliphatic heterocycles. The number of rotatable bonds is 3. The molecule has 122 valence electrons. The smallest absolute Gasteiger partial charge is 0.279 e. The molecule has 1 N–H and O–H groups in total. The van der Waals surface area contributed by atoms with Crippen molar-refractivity contribution in [3.05, 3.63) is 39.5 Å². The van der Waals surface area contributed by atoms with Gasteiger partial charge in [-0.1, -0.05) is 48.5 Å². The van der Waals surface area contributed by atoms with E-state index in [1.54, 1.807) is 12.1 Å². The number of carbonyl (C=O) groups is 2. The number of hydrogen-bond donors (Lipinski definition) is 1. The molecule has 1 aromatic rings. The summed E-state index contributed by atoms with van der Waals surface area (Å²) in [6, 6.07) is 5.33. The summed E-state index contributed by atoms with van der Waals surface area (Å²) in [6.07, 6.45) is 4.93. The third-order valence-electron chi connectivity index (χ3n) is 4.44. The van der Waals surface area contributed by atoms with Gasteiger partial charge in [-0.3, -0.25) is 14.5 Å². The minimum absolute atomic E-state index is 0.0431. The molecule has 0 bridgehead atoms. The highest BCUT2D eigenvalue weighted by Crippen LogP contribution is 2.32. The van der Waals surface area contributed by atoms with Crippen molar-refractivity contribution in [3.8, 4) is 0 Å². The Hall–Kier alpha value is -1.52. The number of aryl methyl sites for hydroxylation is 1. The molecule has 2 aliphatic rings. The highest BCUT2D eigenvalue weighted by Gasteiger charge is 2.42. The summed E-state index contributed by atoms with van der Waals surface area (Å²) in [5, 5.41) is 3.51. The largest absolute Gasteiger partial charge is 0.350 e. The van der Waals surface area contributed by atoms with E-state index in [0.717, 1.165) is 37.7 Å². The van der Waals surface area contributed by atoms with Gasteiger partial charge >= 0.3 is 0 Å². The zero-order valence-electron chi connectivity index (χ0n) is 12.9. The first-order valence-corrected chi connectivity index (χ1v) is 8.55. The van der Waals surface area contributed by atoms with Gasteiger partial charge in [0, 0.05) is 16.8 Å². The van der Waals surface area contributed by atoms with Gasteiger partial charge < -0.3 is 5.32 Å². The van der Waals surface area contributed by atoms with E-state index < -0.39 is 5.91 Å². The Balaban J connectivity index is 1.82. The van der Waals surface area contributed by atoms with E-state index in [0.29, 0.717) is 10.7 Å². The van der Waals surface area contributed by atoms with E-state index >= 15 is 0 Å². The molecular formula is C17H18Cl2N2O2. The van der Waals surface area contributed by atoms with Crippen LogP contribution in [0, 0.1) is 6.92 Å². The molecule has 23 heavy (non-hydrogen) atoms. The summed E-state index contributed by atoms with van der Waals surface area (Å²) in [4.78, 5) is 26.4. The summed E-state index contributed by atoms with van der Waals surface area (Å²) in [5.74, 6) is -0.743. The predicted octanol–water partition coefficient (Wildman–Crippen LogP) is 4.21. The maximum atomic E-state index is 12.6. The van der Waals surface area contributed by atoms with Crippen LogP contribution in [-0.4, -0.2) is 22.8 Å². The Morgan fingerprint density at radius 2 is 1.78 bits per heavy atom. The van der Waals surface area contributed by atoms with E-state index in [1.807, 2.05) is 13.0 Å². The molecule has 0 atom stereocenters. The van der Waals surface area contributed by atoms with Gasteiger partial charge in [-0.2, -0.15) is 0 Å². The van der Waals surface area contributed by atoms with Crippen LogP contribution in [-0.2, 0) is 9.59 Å². The van der Waals surface area contributed by atoms with Gasteiger partial charge in [0.05, 0.1) is 0 Å². The van der Waals surface area contributed by atoms with Crippen LogP contribution in [0.15, 0.2) is 28.9 Å². The first kappa shape index (κ1) is 16.3. The van der Waals surface area contributed by atoms with E-state index in [1.165, 1.54) is 4.90 Å². The average Bonchev–Trinajstić information content (AvgIpc) is 2.75. The van der Waals surface area contributed by atoms with Crippen LogP contribution in [0.1, 0.15) is 37.7 Å². The van der Waals surface area contributed by atoms with Crippen molar-refractivity contribution in [2.24, 2.45) is 0 Å². The van der Waals surface area contributed by atoms with Crippen molar-refractivity contribution in [2.45, 2.75) is 45.1 Å². The molecule has 1 aliphatic carbocycles. The van der Waals surface area contributed by atoms with Crippen LogP contribution in [0.5, 0.6) is 0 Å². The molecule has 0 spiro atoms. The van der Waals surface area contributed by atoms with Gasteiger partial charge in [-0.05, 0) is 37.5 Å². The molecule has 0 radical (unpaired) electrons. The lowest BCUT2D eigenvalue weighted by atomic mass is 9.94. The lowest BCUT2D eigenvalue weighted by Crippen LogP contribution is -2.42. The minimum Gasteiger partial charge on any atom is -0.350 e. The van der Waals surface area contributed by atoms with Gasteiger partial charge in [0.25, 0.3) is 11.8 Å². The number of benzene rings is 1. The molecule has 6 heteroatoms. The summed E-state index contributed by atoms with van der Waals surface area (Å²) in [5.41, 5.74) is 1.72. The molecule has 0 saturated heterocycles. The number of carbonyl (C=O) groups excluding carboxylic acids is 2. The van der Waals surface area contributed by atoms with E-state index in [9.17, 15) is 9.59 Å². The van der Waals surface area contributed by atoms with Crippen molar-refractivity contribution in [1.82, 2.24) is 4.90 Å². The van der Waals surface area contributed by atoms with Crippen molar-refractivity contribution in [1.29, 1.82) is 0 Å². The number of anilines is 1. The van der Waals surface area contributed by atoms with Crippen LogP contribution in [0.25, 0.3) is 0 Å². The number of hydrogen-bond acceptors (Lipinski definition) is 3. The topological polar surface area (TPSA) is 49.4 Å². The number of imide groups is 1. The van der Waals surface area contributed by atoms with Crippen molar-refractivity contribution >= 4 is 40.7 Å². The van der Waals surface area contributed by atoms with Crippen molar-refractivity contribution in [3.63, 3.8) is 0 Å². The fourth-order valence-corrected chi connectivity index (χ4v) is 3.51. The number of nitrogens with one attached hydrogen (secondary N) is 1. The molecule has 0 unspecified atom stereocenters. The zero-order valence-corrected chi connectivity index (χ0v) is 14.4. The Morgan fingerprint density at radius 3 is 2.43 bits per heavy atom. The Kier molecular flexibility index (Phi) is 4.64. The molecule has 1 heterocycles. The fraction of sp³-hybridized carbons (Fsp3) is 0.412. The monoisotopic (exact) mass is 352 g/mol. The lowest BCUT2D eigenvalue weighted by Gasteiger charge is -2.29. The maximum absolute atomic E-state index is 12.6.